The van der Waals surface area contributed by atoms with Crippen molar-refractivity contribution in [3.05, 3.63) is 0 Å². The third-order valence-electron chi connectivity index (χ3n) is 10.00. The highest BCUT2D eigenvalue weighted by molar-refractivity contribution is 7.46. The lowest BCUT2D eigenvalue weighted by molar-refractivity contribution is -0.872. The number of likely N-dealkylation sites (N-methyl/N-ethyl adjacent to an activating group) is 1. The van der Waals surface area contributed by atoms with Gasteiger partial charge in [-0.2, -0.15) is 0 Å². The van der Waals surface area contributed by atoms with Gasteiger partial charge in [-0.25, -0.2) is 4.57 Å². The largest absolute Gasteiger partial charge is 0.470 e. The van der Waals surface area contributed by atoms with Crippen LogP contribution in [0.25, 0.3) is 0 Å². The van der Waals surface area contributed by atoms with Crippen LogP contribution >= 0.6 is 7.82 Å². The molecule has 330 valence electrons. The van der Waals surface area contributed by atoms with E-state index in [0.717, 1.165) is 32.1 Å². The van der Waals surface area contributed by atoms with Crippen molar-refractivity contribution in [1.29, 1.82) is 0 Å². The van der Waals surface area contributed by atoms with Gasteiger partial charge in [-0.1, -0.05) is 194 Å². The maximum absolute atomic E-state index is 12.4. The van der Waals surface area contributed by atoms with Crippen molar-refractivity contribution in [2.45, 2.75) is 232 Å². The number of carbonyl (C=O) groups excluding carboxylic acids is 2. The molecule has 0 radical (unpaired) electrons. The molecule has 55 heavy (non-hydrogen) atoms. The fourth-order valence-corrected chi connectivity index (χ4v) is 7.16. The lowest BCUT2D eigenvalue weighted by atomic mass is 10.0. The van der Waals surface area contributed by atoms with Crippen LogP contribution in [-0.2, 0) is 23.4 Å². The van der Waals surface area contributed by atoms with Crippen LogP contribution in [0, 0.1) is 0 Å². The number of esters is 1. The molecule has 2 atom stereocenters. The summed E-state index contributed by atoms with van der Waals surface area (Å²) in [7, 11) is 0.948. The number of carbonyl (C=O) groups is 2. The Hall–Kier alpha value is -0.870. The van der Waals surface area contributed by atoms with Crippen molar-refractivity contribution >= 4 is 19.6 Å². The molecule has 0 aromatic carbocycles. The predicted molar refractivity (Wildman–Crippen MR) is 228 cm³/mol. The van der Waals surface area contributed by atoms with Crippen LogP contribution in [0.5, 0.6) is 0 Å². The number of nitrogens with zero attached hydrogens (tertiary/aromatic N) is 1. The molecule has 0 spiro atoms. The lowest BCUT2D eigenvalue weighted by Crippen LogP contribution is -2.45. The Morgan fingerprint density at radius 1 is 0.545 bits per heavy atom. The van der Waals surface area contributed by atoms with E-state index >= 15 is 0 Å². The molecule has 0 aromatic rings. The Labute approximate surface area is 339 Å². The van der Waals surface area contributed by atoms with Gasteiger partial charge in [0.2, 0.25) is 0 Å². The number of aliphatic hydroxyl groups excluding tert-OH is 2. The minimum atomic E-state index is -4.67. The molecule has 0 heterocycles. The first-order valence-electron chi connectivity index (χ1n) is 22.8. The normalized spacial score (nSPS) is 13.0. The van der Waals surface area contributed by atoms with Gasteiger partial charge in [-0.15, -0.1) is 0 Å². The number of hydrogen-bond acceptors (Lipinski definition) is 7. The summed E-state index contributed by atoms with van der Waals surface area (Å²) in [5.41, 5.74) is 0. The highest BCUT2D eigenvalue weighted by Gasteiger charge is 2.32. The van der Waals surface area contributed by atoms with E-state index in [0.29, 0.717) is 17.3 Å². The van der Waals surface area contributed by atoms with Gasteiger partial charge in [-0.05, 0) is 12.8 Å². The molecular weight excluding hydrogens is 717 g/mol. The second-order valence-corrected chi connectivity index (χ2v) is 18.1. The van der Waals surface area contributed by atoms with E-state index in [1.54, 1.807) is 0 Å². The number of Topliss-reactive ketones (excluding diaryl/α,β-unsaturated/α-hetero) is 1. The van der Waals surface area contributed by atoms with Crippen molar-refractivity contribution in [2.24, 2.45) is 0 Å². The summed E-state index contributed by atoms with van der Waals surface area (Å²) in [6.45, 7) is 4.30. The van der Waals surface area contributed by atoms with Crippen LogP contribution in [0.2, 0.25) is 0 Å². The average molecular weight is 809 g/mol. The Bertz CT molecular complexity index is 893. The molecule has 0 saturated carbocycles. The van der Waals surface area contributed by atoms with Crippen molar-refractivity contribution < 1.29 is 47.9 Å². The SMILES string of the molecule is CCCCCCCCCCCCCCCCCC(=O)C(C[N+](C)(C)C)OP(=O)(O)O.CCCCCCCCCCCCCCCCCC(=O)OC[C@@H](O)CO. The Morgan fingerprint density at radius 2 is 0.855 bits per heavy atom. The molecule has 0 aromatic heterocycles. The van der Waals surface area contributed by atoms with Gasteiger partial charge in [-0.3, -0.25) is 14.1 Å². The number of ketones is 1. The van der Waals surface area contributed by atoms with Crippen LogP contribution < -0.4 is 0 Å². The van der Waals surface area contributed by atoms with E-state index in [1.807, 2.05) is 21.1 Å². The van der Waals surface area contributed by atoms with E-state index in [4.69, 9.17) is 29.3 Å². The van der Waals surface area contributed by atoms with Crippen LogP contribution in [0.15, 0.2) is 0 Å². The minimum Gasteiger partial charge on any atom is -0.463 e. The number of hydrogen-bond donors (Lipinski definition) is 4. The van der Waals surface area contributed by atoms with Gasteiger partial charge in [0, 0.05) is 12.8 Å². The number of rotatable bonds is 40. The summed E-state index contributed by atoms with van der Waals surface area (Å²) >= 11 is 0. The third-order valence-corrected chi connectivity index (χ3v) is 10.5. The molecule has 0 aliphatic rings. The first-order chi connectivity index (χ1) is 26.3. The Morgan fingerprint density at radius 3 is 1.15 bits per heavy atom. The van der Waals surface area contributed by atoms with Crippen molar-refractivity contribution in [3.63, 3.8) is 0 Å². The second kappa shape index (κ2) is 39.9. The molecular formula is C44H91NO9P+. The number of phosphoric ester groups is 1. The summed E-state index contributed by atoms with van der Waals surface area (Å²) < 4.78 is 21.2. The van der Waals surface area contributed by atoms with Crippen molar-refractivity contribution in [3.8, 4) is 0 Å². The zero-order valence-corrected chi connectivity index (χ0v) is 37.5. The smallest absolute Gasteiger partial charge is 0.463 e. The van der Waals surface area contributed by atoms with Crippen LogP contribution in [0.3, 0.4) is 0 Å². The molecule has 0 bridgehead atoms. The topological polar surface area (TPSA) is 151 Å². The lowest BCUT2D eigenvalue weighted by Gasteiger charge is -2.28. The van der Waals surface area contributed by atoms with E-state index in [-0.39, 0.29) is 31.5 Å². The first kappa shape index (κ1) is 56.2. The summed E-state index contributed by atoms with van der Waals surface area (Å²) in [5, 5.41) is 17.7. The number of ether oxygens (including phenoxy) is 1. The summed E-state index contributed by atoms with van der Waals surface area (Å²) in [5.74, 6) is -0.483. The molecule has 0 aliphatic carbocycles. The van der Waals surface area contributed by atoms with Gasteiger partial charge >= 0.3 is 13.8 Å². The van der Waals surface area contributed by atoms with Crippen LogP contribution in [0.4, 0.5) is 0 Å². The predicted octanol–water partition coefficient (Wildman–Crippen LogP) is 11.1. The van der Waals surface area contributed by atoms with E-state index < -0.39 is 20.0 Å². The monoisotopic (exact) mass is 809 g/mol. The van der Waals surface area contributed by atoms with Gasteiger partial charge < -0.3 is 29.2 Å². The maximum Gasteiger partial charge on any atom is 0.470 e. The number of phosphoric acid groups is 1. The Balaban J connectivity index is 0. The van der Waals surface area contributed by atoms with E-state index in [2.05, 4.69) is 13.8 Å². The summed E-state index contributed by atoms with van der Waals surface area (Å²) in [6, 6.07) is 0. The van der Waals surface area contributed by atoms with E-state index in [1.165, 1.54) is 161 Å². The van der Waals surface area contributed by atoms with Gasteiger partial charge in [0.15, 0.2) is 11.9 Å². The third kappa shape index (κ3) is 47.4. The quantitative estimate of drug-likeness (QED) is 0.0205. The van der Waals surface area contributed by atoms with Gasteiger partial charge in [0.05, 0.1) is 27.7 Å². The van der Waals surface area contributed by atoms with Gasteiger partial charge in [0.25, 0.3) is 0 Å². The molecule has 1 unspecified atom stereocenters. The van der Waals surface area contributed by atoms with Crippen molar-refractivity contribution in [2.75, 3.05) is 40.9 Å². The molecule has 11 heteroatoms. The fraction of sp³-hybridized carbons (Fsp3) is 0.955. The summed E-state index contributed by atoms with van der Waals surface area (Å²) in [6.07, 6.45) is 37.3. The molecule has 0 fully saturated rings. The number of unbranched alkanes of at least 4 members (excludes halogenated alkanes) is 28. The zero-order chi connectivity index (χ0) is 41.5. The standard InChI is InChI=1S/C23H48NO5P.C21H42O4/c1-5-6-7-8-9-10-11-12-13-14-15-16-17-18-19-20-22(25)23(21-24(2,3)4)29-30(26,27)28;1-2-3-4-5-6-7-8-9-10-11-12-13-14-15-16-17-21(24)25-19-20(23)18-22/h23H,5-21H2,1-4H3,(H-,26,27,28);20,22-23H,2-19H2,1H3/p+1/t;20-/m.0/s1. The fourth-order valence-electron chi connectivity index (χ4n) is 6.64. The van der Waals surface area contributed by atoms with Gasteiger partial charge in [0.1, 0.15) is 19.3 Å². The van der Waals surface area contributed by atoms with Crippen LogP contribution in [-0.4, -0.2) is 89.3 Å². The molecule has 0 rings (SSSR count). The van der Waals surface area contributed by atoms with Crippen LogP contribution in [0.1, 0.15) is 219 Å². The first-order valence-corrected chi connectivity index (χ1v) is 24.3. The zero-order valence-electron chi connectivity index (χ0n) is 36.6. The highest BCUT2D eigenvalue weighted by Crippen LogP contribution is 2.38. The Kier molecular flexibility index (Phi) is 40.8. The molecule has 4 N–H and O–H groups in total. The molecule has 0 aliphatic heterocycles. The second-order valence-electron chi connectivity index (χ2n) is 16.9. The minimum absolute atomic E-state index is 0.103. The van der Waals surface area contributed by atoms with E-state index in [9.17, 15) is 14.2 Å². The maximum atomic E-state index is 12.4. The van der Waals surface area contributed by atoms with Crippen molar-refractivity contribution in [1.82, 2.24) is 0 Å². The number of quaternary nitrogens is 1. The number of aliphatic hydroxyl groups is 2. The molecule has 0 saturated heterocycles. The highest BCUT2D eigenvalue weighted by atomic mass is 31.2. The summed E-state index contributed by atoms with van der Waals surface area (Å²) in [4.78, 5) is 41.9. The molecule has 0 amide bonds. The average Bonchev–Trinajstić information content (AvgIpc) is 3.12. The molecule has 10 nitrogen and oxygen atoms in total.